The van der Waals surface area contributed by atoms with Crippen molar-refractivity contribution in [2.45, 2.75) is 131 Å². The van der Waals surface area contributed by atoms with Gasteiger partial charge in [-0.15, -0.1) is 0 Å². The number of imide groups is 1. The van der Waals surface area contributed by atoms with Gasteiger partial charge in [-0.25, -0.2) is 14.4 Å². The van der Waals surface area contributed by atoms with E-state index in [2.05, 4.69) is 13.8 Å². The van der Waals surface area contributed by atoms with Crippen LogP contribution < -0.4 is 0 Å². The predicted molar refractivity (Wildman–Crippen MR) is 139 cm³/mol. The van der Waals surface area contributed by atoms with E-state index in [-0.39, 0.29) is 24.9 Å². The molecule has 0 spiro atoms. The first-order valence-corrected chi connectivity index (χ1v) is 13.0. The van der Waals surface area contributed by atoms with Crippen LogP contribution in [0.25, 0.3) is 0 Å². The number of nitrogens with zero attached hydrogens (tertiary/aromatic N) is 1. The molecule has 0 aromatic heterocycles. The molecule has 1 aliphatic rings. The number of rotatable bonds is 6. The van der Waals surface area contributed by atoms with Crippen molar-refractivity contribution < 1.29 is 43.2 Å². The summed E-state index contributed by atoms with van der Waals surface area (Å²) in [5.41, 5.74) is -1.69. The Hall–Kier alpha value is -2.20. The van der Waals surface area contributed by atoms with E-state index in [9.17, 15) is 19.2 Å². The number of hydrogen-bond acceptors (Lipinski definition) is 9. The van der Waals surface area contributed by atoms with E-state index in [0.29, 0.717) is 38.2 Å². The molecular formula is C27H49NO9. The minimum absolute atomic E-state index is 0.0185. The van der Waals surface area contributed by atoms with Gasteiger partial charge in [-0.2, -0.15) is 4.90 Å². The van der Waals surface area contributed by atoms with Crippen LogP contribution in [0.1, 0.15) is 101 Å². The number of cyclic esters (lactones) is 1. The smallest absolute Gasteiger partial charge is 0.420 e. The molecule has 3 atom stereocenters. The van der Waals surface area contributed by atoms with Gasteiger partial charge in [0.25, 0.3) is 0 Å². The number of hydrogen-bond donors (Lipinski definition) is 1. The molecule has 216 valence electrons. The van der Waals surface area contributed by atoms with Crippen LogP contribution in [-0.2, 0) is 28.5 Å². The average molecular weight is 532 g/mol. The molecule has 10 heteroatoms. The Kier molecular flexibility index (Phi) is 15.0. The van der Waals surface area contributed by atoms with Crippen molar-refractivity contribution in [2.24, 2.45) is 5.92 Å². The van der Waals surface area contributed by atoms with Gasteiger partial charge in [0.05, 0.1) is 6.10 Å². The molecular weight excluding hydrogens is 482 g/mol. The summed E-state index contributed by atoms with van der Waals surface area (Å²) in [5.74, 6) is -0.209. The summed E-state index contributed by atoms with van der Waals surface area (Å²) in [6, 6.07) is -1.13. The third-order valence-corrected chi connectivity index (χ3v) is 4.81. The van der Waals surface area contributed by atoms with Crippen LogP contribution in [-0.4, -0.2) is 76.6 Å². The lowest BCUT2D eigenvalue weighted by molar-refractivity contribution is -0.155. The van der Waals surface area contributed by atoms with Crippen LogP contribution in [0.4, 0.5) is 9.59 Å². The molecule has 1 fully saturated rings. The standard InChI is InChI=1S/C23H41NO7.C4H8O2/c1-15(2)14-28-17-11-10-12-18(19(25)29-16(3)13-17)24(20(26)30-22(4,5)6)21(27)31-23(7,8)9;1-4(6)2-3-5/h15-18H,10-14H2,1-9H3;5H,2-3H2,1H3/t16?,17?,18-;/m0./s1. The molecule has 10 nitrogen and oxygen atoms in total. The van der Waals surface area contributed by atoms with E-state index in [4.69, 9.17) is 24.1 Å². The number of carbonyl (C=O) groups excluding carboxylic acids is 4. The van der Waals surface area contributed by atoms with Crippen molar-refractivity contribution in [3.8, 4) is 0 Å². The van der Waals surface area contributed by atoms with E-state index < -0.39 is 41.5 Å². The first-order valence-electron chi connectivity index (χ1n) is 13.0. The molecule has 0 aromatic rings. The lowest BCUT2D eigenvalue weighted by Crippen LogP contribution is -2.52. The Morgan fingerprint density at radius 3 is 1.92 bits per heavy atom. The van der Waals surface area contributed by atoms with Crippen molar-refractivity contribution in [2.75, 3.05) is 13.2 Å². The zero-order valence-electron chi connectivity index (χ0n) is 24.4. The molecule has 0 bridgehead atoms. The third kappa shape index (κ3) is 16.3. The molecule has 1 heterocycles. The van der Waals surface area contributed by atoms with Crippen LogP contribution in [0.2, 0.25) is 0 Å². The largest absolute Gasteiger partial charge is 0.461 e. The van der Waals surface area contributed by atoms with Gasteiger partial charge >= 0.3 is 18.2 Å². The van der Waals surface area contributed by atoms with Crippen molar-refractivity contribution in [1.29, 1.82) is 0 Å². The Balaban J connectivity index is 0.00000192. The summed E-state index contributed by atoms with van der Waals surface area (Å²) >= 11 is 0. The first-order chi connectivity index (χ1) is 16.9. The molecule has 2 amide bonds. The summed E-state index contributed by atoms with van der Waals surface area (Å²) in [4.78, 5) is 49.4. The number of aliphatic hydroxyl groups is 1. The molecule has 0 aliphatic carbocycles. The van der Waals surface area contributed by atoms with Gasteiger partial charge in [-0.05, 0) is 80.6 Å². The van der Waals surface area contributed by atoms with Crippen molar-refractivity contribution in [3.63, 3.8) is 0 Å². The topological polar surface area (TPSA) is 129 Å². The maximum atomic E-state index is 13.0. The number of esters is 1. The zero-order chi connectivity index (χ0) is 29.0. The number of ketones is 1. The summed E-state index contributed by atoms with van der Waals surface area (Å²) in [7, 11) is 0. The van der Waals surface area contributed by atoms with E-state index in [1.807, 2.05) is 0 Å². The van der Waals surface area contributed by atoms with Gasteiger partial charge in [-0.1, -0.05) is 13.8 Å². The second-order valence-electron chi connectivity index (χ2n) is 11.8. The molecule has 1 saturated heterocycles. The normalized spacial score (nSPS) is 20.9. The molecule has 1 N–H and O–H groups in total. The molecule has 37 heavy (non-hydrogen) atoms. The highest BCUT2D eigenvalue weighted by molar-refractivity contribution is 5.94. The molecule has 1 aliphatic heterocycles. The molecule has 0 saturated carbocycles. The van der Waals surface area contributed by atoms with E-state index in [1.165, 1.54) is 6.92 Å². The fourth-order valence-corrected chi connectivity index (χ4v) is 3.29. The maximum absolute atomic E-state index is 13.0. The molecule has 2 unspecified atom stereocenters. The summed E-state index contributed by atoms with van der Waals surface area (Å²) in [6.07, 6.45) is 0.0458. The number of amides is 2. The summed E-state index contributed by atoms with van der Waals surface area (Å²) in [5, 5.41) is 8.02. The SMILES string of the molecule is CC(=O)CCO.CC(C)COC1CCC[C@H](N(C(=O)OC(C)(C)C)C(=O)OC(C)(C)C)C(=O)OC(C)C1. The predicted octanol–water partition coefficient (Wildman–Crippen LogP) is 5.03. The van der Waals surface area contributed by atoms with Crippen LogP contribution >= 0.6 is 0 Å². The monoisotopic (exact) mass is 531 g/mol. The highest BCUT2D eigenvalue weighted by Crippen LogP contribution is 2.24. The van der Waals surface area contributed by atoms with Gasteiger partial charge < -0.3 is 24.1 Å². The van der Waals surface area contributed by atoms with Crippen molar-refractivity contribution in [3.05, 3.63) is 0 Å². The fraction of sp³-hybridized carbons (Fsp3) is 0.852. The molecule has 1 rings (SSSR count). The zero-order valence-corrected chi connectivity index (χ0v) is 24.4. The van der Waals surface area contributed by atoms with Gasteiger partial charge in [0.1, 0.15) is 29.1 Å². The number of aliphatic hydroxyl groups excluding tert-OH is 1. The number of Topliss-reactive ketones (excluding diaryl/α,β-unsaturated/α-hetero) is 1. The Bertz CT molecular complexity index is 709. The minimum atomic E-state index is -1.13. The lowest BCUT2D eigenvalue weighted by atomic mass is 10.0. The van der Waals surface area contributed by atoms with Crippen molar-refractivity contribution >= 4 is 23.9 Å². The highest BCUT2D eigenvalue weighted by atomic mass is 16.6. The van der Waals surface area contributed by atoms with E-state index >= 15 is 0 Å². The Morgan fingerprint density at radius 1 is 1.03 bits per heavy atom. The summed E-state index contributed by atoms with van der Waals surface area (Å²) < 4.78 is 22.4. The van der Waals surface area contributed by atoms with Crippen LogP contribution in [0, 0.1) is 5.92 Å². The van der Waals surface area contributed by atoms with Crippen LogP contribution in [0.15, 0.2) is 0 Å². The van der Waals surface area contributed by atoms with Gasteiger partial charge in [0, 0.05) is 26.1 Å². The molecule has 0 aromatic carbocycles. The quantitative estimate of drug-likeness (QED) is 0.370. The van der Waals surface area contributed by atoms with Gasteiger partial charge in [0.15, 0.2) is 0 Å². The van der Waals surface area contributed by atoms with E-state index in [0.717, 1.165) is 4.90 Å². The number of carbonyl (C=O) groups is 4. The lowest BCUT2D eigenvalue weighted by Gasteiger charge is -2.32. The maximum Gasteiger partial charge on any atom is 0.420 e. The minimum Gasteiger partial charge on any atom is -0.461 e. The van der Waals surface area contributed by atoms with E-state index in [1.54, 1.807) is 48.5 Å². The van der Waals surface area contributed by atoms with Gasteiger partial charge in [-0.3, -0.25) is 4.79 Å². The first kappa shape index (κ1) is 34.8. The van der Waals surface area contributed by atoms with Gasteiger partial charge in [0.2, 0.25) is 0 Å². The Labute approximate surface area is 222 Å². The second kappa shape index (κ2) is 15.9. The Morgan fingerprint density at radius 2 is 1.54 bits per heavy atom. The third-order valence-electron chi connectivity index (χ3n) is 4.81. The van der Waals surface area contributed by atoms with Crippen LogP contribution in [0.3, 0.4) is 0 Å². The summed E-state index contributed by atoms with van der Waals surface area (Å²) in [6.45, 7) is 18.2. The highest BCUT2D eigenvalue weighted by Gasteiger charge is 2.42. The number of ether oxygens (including phenoxy) is 4. The second-order valence-corrected chi connectivity index (χ2v) is 11.8. The van der Waals surface area contributed by atoms with Crippen molar-refractivity contribution in [1.82, 2.24) is 4.90 Å². The molecule has 0 radical (unpaired) electrons. The fourth-order valence-electron chi connectivity index (χ4n) is 3.29. The average Bonchev–Trinajstić information content (AvgIpc) is 2.74. The van der Waals surface area contributed by atoms with Crippen LogP contribution in [0.5, 0.6) is 0 Å².